The van der Waals surface area contributed by atoms with Gasteiger partial charge in [0.05, 0.1) is 16.8 Å². The molecule has 1 aromatic carbocycles. The topological polar surface area (TPSA) is 72.4 Å². The number of benzene rings is 1. The van der Waals surface area contributed by atoms with Crippen molar-refractivity contribution in [2.24, 2.45) is 0 Å². The molecule has 0 atom stereocenters. The van der Waals surface area contributed by atoms with E-state index in [1.807, 2.05) is 19.1 Å². The van der Waals surface area contributed by atoms with E-state index in [4.69, 9.17) is 16.3 Å². The van der Waals surface area contributed by atoms with Crippen molar-refractivity contribution in [2.45, 2.75) is 39.0 Å². The molecule has 2 aromatic rings. The molecule has 6 nitrogen and oxygen atoms in total. The number of nitrogens with zero attached hydrogens (tertiary/aromatic N) is 3. The number of sulfonamides is 1. The minimum atomic E-state index is -3.60. The normalized spacial score (nSPS) is 12.5. The van der Waals surface area contributed by atoms with Crippen LogP contribution in [-0.2, 0) is 14.8 Å². The van der Waals surface area contributed by atoms with Gasteiger partial charge in [-0.2, -0.15) is 0 Å². The van der Waals surface area contributed by atoms with Gasteiger partial charge in [0.15, 0.2) is 11.0 Å². The van der Waals surface area contributed by atoms with Crippen LogP contribution in [0, 0.1) is 0 Å². The Labute approximate surface area is 161 Å². The Hall–Kier alpha value is -1.22. The highest BCUT2D eigenvalue weighted by molar-refractivity contribution is 7.92. The molecular weight excluding hydrogens is 390 g/mol. The number of hydrogen-bond donors (Lipinski definition) is 0. The minimum absolute atomic E-state index is 0.00475. The second-order valence-corrected chi connectivity index (χ2v) is 15.3. The zero-order valence-electron chi connectivity index (χ0n) is 15.7. The van der Waals surface area contributed by atoms with Gasteiger partial charge in [0.25, 0.3) is 0 Å². The molecular formula is C17H26ClN3O3SSi. The Balaban J connectivity index is 2.33. The van der Waals surface area contributed by atoms with E-state index in [0.29, 0.717) is 24.1 Å². The van der Waals surface area contributed by atoms with Crippen LogP contribution in [0.1, 0.15) is 13.3 Å². The number of aromatic nitrogens is 2. The van der Waals surface area contributed by atoms with Crippen LogP contribution >= 0.6 is 11.6 Å². The SMILES string of the molecule is CCCS(=O)(=O)N(COCC[Si](C)(C)C)c1nc2ccccc2nc1Cl. The van der Waals surface area contributed by atoms with Gasteiger partial charge < -0.3 is 4.74 Å². The smallest absolute Gasteiger partial charge is 0.238 e. The van der Waals surface area contributed by atoms with Crippen LogP contribution in [0.5, 0.6) is 0 Å². The lowest BCUT2D eigenvalue weighted by Crippen LogP contribution is -2.36. The predicted octanol–water partition coefficient (Wildman–Crippen LogP) is 4.14. The molecule has 0 saturated carbocycles. The summed E-state index contributed by atoms with van der Waals surface area (Å²) in [6.45, 7) is 8.94. The van der Waals surface area contributed by atoms with Crippen molar-refractivity contribution in [3.8, 4) is 0 Å². The molecule has 1 aromatic heterocycles. The van der Waals surface area contributed by atoms with E-state index in [-0.39, 0.29) is 23.5 Å². The molecule has 0 aliphatic heterocycles. The molecule has 0 amide bonds. The maximum atomic E-state index is 12.7. The molecule has 0 bridgehead atoms. The Kier molecular flexibility index (Phi) is 7.01. The van der Waals surface area contributed by atoms with E-state index in [0.717, 1.165) is 10.3 Å². The van der Waals surface area contributed by atoms with Gasteiger partial charge in [0.2, 0.25) is 10.0 Å². The van der Waals surface area contributed by atoms with E-state index in [1.165, 1.54) is 0 Å². The number of rotatable bonds is 9. The summed E-state index contributed by atoms with van der Waals surface area (Å²) >= 11 is 6.26. The van der Waals surface area contributed by atoms with Crippen LogP contribution in [-0.4, -0.2) is 45.6 Å². The van der Waals surface area contributed by atoms with Gasteiger partial charge in [0, 0.05) is 14.7 Å². The quantitative estimate of drug-likeness (QED) is 0.349. The zero-order chi connectivity index (χ0) is 19.4. The van der Waals surface area contributed by atoms with Crippen molar-refractivity contribution in [3.05, 3.63) is 29.4 Å². The number of hydrogen-bond acceptors (Lipinski definition) is 5. The second kappa shape index (κ2) is 8.64. The van der Waals surface area contributed by atoms with Crippen molar-refractivity contribution in [2.75, 3.05) is 23.4 Å². The first-order valence-corrected chi connectivity index (χ1v) is 14.3. The third kappa shape index (κ3) is 5.64. The molecule has 0 aliphatic rings. The summed E-state index contributed by atoms with van der Waals surface area (Å²) in [6.07, 6.45) is 0.492. The predicted molar refractivity (Wildman–Crippen MR) is 110 cm³/mol. The number of halogens is 1. The number of para-hydroxylation sites is 2. The summed E-state index contributed by atoms with van der Waals surface area (Å²) in [7, 11) is -4.86. The van der Waals surface area contributed by atoms with Crippen molar-refractivity contribution >= 4 is 46.5 Å². The fourth-order valence-electron chi connectivity index (χ4n) is 2.30. The van der Waals surface area contributed by atoms with Crippen molar-refractivity contribution in [1.82, 2.24) is 9.97 Å². The second-order valence-electron chi connectivity index (χ2n) is 7.34. The Morgan fingerprint density at radius 2 is 1.77 bits per heavy atom. The fourth-order valence-corrected chi connectivity index (χ4v) is 4.70. The lowest BCUT2D eigenvalue weighted by atomic mass is 10.3. The van der Waals surface area contributed by atoms with Gasteiger partial charge in [-0.1, -0.05) is 50.3 Å². The van der Waals surface area contributed by atoms with Gasteiger partial charge in [-0.3, -0.25) is 0 Å². The van der Waals surface area contributed by atoms with E-state index in [1.54, 1.807) is 12.1 Å². The van der Waals surface area contributed by atoms with E-state index in [9.17, 15) is 8.42 Å². The molecule has 0 saturated heterocycles. The highest BCUT2D eigenvalue weighted by Gasteiger charge is 2.26. The molecule has 0 aliphatic carbocycles. The molecule has 144 valence electrons. The van der Waals surface area contributed by atoms with Crippen LogP contribution < -0.4 is 4.31 Å². The highest BCUT2D eigenvalue weighted by atomic mass is 35.5. The van der Waals surface area contributed by atoms with Crippen molar-refractivity contribution in [1.29, 1.82) is 0 Å². The fraction of sp³-hybridized carbons (Fsp3) is 0.529. The lowest BCUT2D eigenvalue weighted by molar-refractivity contribution is 0.156. The third-order valence-corrected chi connectivity index (χ3v) is 7.58. The number of ether oxygens (including phenoxy) is 1. The maximum Gasteiger partial charge on any atom is 0.238 e. The molecule has 1 heterocycles. The first-order chi connectivity index (χ1) is 12.1. The highest BCUT2D eigenvalue weighted by Crippen LogP contribution is 2.27. The monoisotopic (exact) mass is 415 g/mol. The molecule has 2 rings (SSSR count). The molecule has 0 N–H and O–H groups in total. The number of anilines is 1. The van der Waals surface area contributed by atoms with Crippen molar-refractivity contribution < 1.29 is 13.2 Å². The standard InChI is InChI=1S/C17H26ClN3O3SSi/c1-5-11-25(22,23)21(13-24-10-12-26(2,3)4)17-16(18)19-14-8-6-7-9-15(14)20-17/h6-9H,5,10-13H2,1-4H3. The van der Waals surface area contributed by atoms with Gasteiger partial charge in [-0.05, 0) is 24.6 Å². The van der Waals surface area contributed by atoms with Gasteiger partial charge in [-0.25, -0.2) is 22.7 Å². The molecule has 9 heteroatoms. The Bertz CT molecular complexity index is 856. The van der Waals surface area contributed by atoms with Crippen LogP contribution in [0.15, 0.2) is 24.3 Å². The number of fused-ring (bicyclic) bond motifs is 1. The van der Waals surface area contributed by atoms with Gasteiger partial charge in [-0.15, -0.1) is 0 Å². The molecule has 0 fully saturated rings. The zero-order valence-corrected chi connectivity index (χ0v) is 18.3. The van der Waals surface area contributed by atoms with Gasteiger partial charge in [0.1, 0.15) is 6.73 Å². The first kappa shape index (κ1) is 21.1. The van der Waals surface area contributed by atoms with Crippen LogP contribution in [0.4, 0.5) is 5.82 Å². The van der Waals surface area contributed by atoms with Crippen LogP contribution in [0.2, 0.25) is 30.8 Å². The summed E-state index contributed by atoms with van der Waals surface area (Å²) in [4.78, 5) is 8.72. The lowest BCUT2D eigenvalue weighted by Gasteiger charge is -2.24. The molecule has 0 unspecified atom stereocenters. The summed E-state index contributed by atoms with van der Waals surface area (Å²) in [5.74, 6) is 0.113. The third-order valence-electron chi connectivity index (χ3n) is 3.75. The average molecular weight is 416 g/mol. The summed E-state index contributed by atoms with van der Waals surface area (Å²) < 4.78 is 32.3. The largest absolute Gasteiger partial charge is 0.360 e. The summed E-state index contributed by atoms with van der Waals surface area (Å²) in [6, 6.07) is 8.17. The Morgan fingerprint density at radius 1 is 1.15 bits per heavy atom. The molecule has 26 heavy (non-hydrogen) atoms. The maximum absolute atomic E-state index is 12.7. The average Bonchev–Trinajstić information content (AvgIpc) is 2.53. The first-order valence-electron chi connectivity index (χ1n) is 8.64. The minimum Gasteiger partial charge on any atom is -0.360 e. The summed E-state index contributed by atoms with van der Waals surface area (Å²) in [5, 5.41) is 0.0529. The Morgan fingerprint density at radius 3 is 2.35 bits per heavy atom. The molecule has 0 spiro atoms. The van der Waals surface area contributed by atoms with E-state index < -0.39 is 18.1 Å². The summed E-state index contributed by atoms with van der Waals surface area (Å²) in [5.41, 5.74) is 1.21. The van der Waals surface area contributed by atoms with Crippen LogP contribution in [0.3, 0.4) is 0 Å². The van der Waals surface area contributed by atoms with E-state index in [2.05, 4.69) is 29.6 Å². The van der Waals surface area contributed by atoms with Crippen molar-refractivity contribution in [3.63, 3.8) is 0 Å². The molecule has 0 radical (unpaired) electrons. The van der Waals surface area contributed by atoms with Crippen LogP contribution in [0.25, 0.3) is 11.0 Å². The van der Waals surface area contributed by atoms with E-state index >= 15 is 0 Å². The van der Waals surface area contributed by atoms with Gasteiger partial charge >= 0.3 is 0 Å².